The van der Waals surface area contributed by atoms with Gasteiger partial charge in [-0.2, -0.15) is 0 Å². The maximum atomic E-state index is 5.72. The zero-order valence-corrected chi connectivity index (χ0v) is 10.3. The van der Waals surface area contributed by atoms with Gasteiger partial charge in [0, 0.05) is 5.56 Å². The van der Waals surface area contributed by atoms with Gasteiger partial charge in [-0.15, -0.1) is 0 Å². The Balaban J connectivity index is 1.92. The van der Waals surface area contributed by atoms with Crippen LogP contribution in [0.5, 0.6) is 5.75 Å². The van der Waals surface area contributed by atoms with E-state index in [1.165, 1.54) is 19.3 Å². The summed E-state index contributed by atoms with van der Waals surface area (Å²) in [7, 11) is 0. The van der Waals surface area contributed by atoms with Crippen LogP contribution < -0.4 is 10.5 Å². The Kier molecular flexibility index (Phi) is 4.06. The lowest BCUT2D eigenvalue weighted by Gasteiger charge is -2.07. The number of aryl methyl sites for hydroxylation is 1. The topological polar surface area (TPSA) is 35.2 Å². The molecule has 1 fully saturated rings. The van der Waals surface area contributed by atoms with E-state index in [1.807, 2.05) is 25.1 Å². The van der Waals surface area contributed by atoms with Crippen LogP contribution in [0.25, 0.3) is 0 Å². The molecule has 2 heteroatoms. The van der Waals surface area contributed by atoms with Gasteiger partial charge >= 0.3 is 0 Å². The van der Waals surface area contributed by atoms with Crippen molar-refractivity contribution in [2.45, 2.75) is 26.2 Å². The van der Waals surface area contributed by atoms with Gasteiger partial charge in [-0.3, -0.25) is 0 Å². The molecule has 0 bridgehead atoms. The average Bonchev–Trinajstić information content (AvgIpc) is 3.12. The minimum atomic E-state index is 0.402. The fourth-order valence-electron chi connectivity index (χ4n) is 1.76. The third-order valence-electron chi connectivity index (χ3n) is 3.01. The van der Waals surface area contributed by atoms with Crippen molar-refractivity contribution >= 4 is 0 Å². The lowest BCUT2D eigenvalue weighted by atomic mass is 10.1. The molecule has 2 nitrogen and oxygen atoms in total. The molecule has 1 aromatic carbocycles. The van der Waals surface area contributed by atoms with E-state index >= 15 is 0 Å². The summed E-state index contributed by atoms with van der Waals surface area (Å²) in [6, 6.07) is 6.04. The molecule has 0 amide bonds. The Hall–Kier alpha value is -1.46. The highest BCUT2D eigenvalue weighted by Crippen LogP contribution is 2.32. The largest absolute Gasteiger partial charge is 0.494 e. The molecule has 17 heavy (non-hydrogen) atoms. The summed E-state index contributed by atoms with van der Waals surface area (Å²) in [6.45, 7) is 3.28. The zero-order chi connectivity index (χ0) is 12.1. The molecular formula is C15H19NO. The molecule has 0 aliphatic heterocycles. The minimum absolute atomic E-state index is 0.402. The maximum absolute atomic E-state index is 5.72. The second kappa shape index (κ2) is 5.75. The van der Waals surface area contributed by atoms with Crippen molar-refractivity contribution in [1.82, 2.24) is 0 Å². The predicted octanol–water partition coefficient (Wildman–Crippen LogP) is 2.48. The van der Waals surface area contributed by atoms with Crippen molar-refractivity contribution in [1.29, 1.82) is 0 Å². The second-order valence-electron chi connectivity index (χ2n) is 4.56. The Bertz CT molecular complexity index is 438. The Morgan fingerprint density at radius 3 is 2.88 bits per heavy atom. The molecule has 0 aromatic heterocycles. The first kappa shape index (κ1) is 12.0. The molecule has 0 spiro atoms. The normalized spacial score (nSPS) is 14.0. The van der Waals surface area contributed by atoms with E-state index in [0.29, 0.717) is 6.54 Å². The van der Waals surface area contributed by atoms with Gasteiger partial charge in [0.15, 0.2) is 0 Å². The molecule has 1 aliphatic carbocycles. The molecule has 0 atom stereocenters. The molecule has 0 saturated heterocycles. The van der Waals surface area contributed by atoms with E-state index < -0.39 is 0 Å². The number of rotatable bonds is 4. The lowest BCUT2D eigenvalue weighted by Crippen LogP contribution is -1.99. The van der Waals surface area contributed by atoms with Crippen LogP contribution in [0.2, 0.25) is 0 Å². The van der Waals surface area contributed by atoms with Crippen molar-refractivity contribution in [3.05, 3.63) is 29.3 Å². The van der Waals surface area contributed by atoms with Crippen LogP contribution >= 0.6 is 0 Å². The number of benzene rings is 1. The van der Waals surface area contributed by atoms with Crippen molar-refractivity contribution in [3.8, 4) is 17.6 Å². The second-order valence-corrected chi connectivity index (χ2v) is 4.56. The van der Waals surface area contributed by atoms with Gasteiger partial charge < -0.3 is 10.5 Å². The number of nitrogens with two attached hydrogens (primary N) is 1. The van der Waals surface area contributed by atoms with Crippen LogP contribution in [0.15, 0.2) is 18.2 Å². The molecular weight excluding hydrogens is 210 g/mol. The summed E-state index contributed by atoms with van der Waals surface area (Å²) < 4.78 is 5.72. The monoisotopic (exact) mass is 229 g/mol. The van der Waals surface area contributed by atoms with Crippen molar-refractivity contribution < 1.29 is 4.74 Å². The van der Waals surface area contributed by atoms with E-state index in [4.69, 9.17) is 10.5 Å². The van der Waals surface area contributed by atoms with Gasteiger partial charge in [-0.25, -0.2) is 0 Å². The van der Waals surface area contributed by atoms with Crippen LogP contribution in [0.4, 0.5) is 0 Å². The van der Waals surface area contributed by atoms with Gasteiger partial charge in [0.25, 0.3) is 0 Å². The van der Waals surface area contributed by atoms with E-state index in [1.54, 1.807) is 0 Å². The van der Waals surface area contributed by atoms with Crippen LogP contribution in [0, 0.1) is 24.7 Å². The number of hydrogen-bond donors (Lipinski definition) is 1. The molecule has 1 saturated carbocycles. The molecule has 2 rings (SSSR count). The van der Waals surface area contributed by atoms with Gasteiger partial charge in [-0.1, -0.05) is 24.7 Å². The highest BCUT2D eigenvalue weighted by molar-refractivity contribution is 5.44. The van der Waals surface area contributed by atoms with E-state index in [9.17, 15) is 0 Å². The van der Waals surface area contributed by atoms with E-state index in [2.05, 4.69) is 11.8 Å². The van der Waals surface area contributed by atoms with Gasteiger partial charge in [-0.05, 0) is 43.0 Å². The first-order chi connectivity index (χ1) is 8.29. The van der Waals surface area contributed by atoms with Crippen molar-refractivity contribution in [3.63, 3.8) is 0 Å². The van der Waals surface area contributed by atoms with Crippen LogP contribution in [0.3, 0.4) is 0 Å². The minimum Gasteiger partial charge on any atom is -0.494 e. The standard InChI is InChI=1S/C15H19NO/c1-12-11-15(17-10-8-13-4-5-13)7-6-14(12)3-2-9-16/h6-7,11,13H,4-5,8-10,16H2,1H3. The van der Waals surface area contributed by atoms with E-state index in [0.717, 1.165) is 29.4 Å². The first-order valence-electron chi connectivity index (χ1n) is 6.22. The molecule has 2 N–H and O–H groups in total. The highest BCUT2D eigenvalue weighted by Gasteiger charge is 2.20. The van der Waals surface area contributed by atoms with Crippen LogP contribution in [-0.2, 0) is 0 Å². The molecule has 0 radical (unpaired) electrons. The Morgan fingerprint density at radius 2 is 2.24 bits per heavy atom. The molecule has 90 valence electrons. The summed E-state index contributed by atoms with van der Waals surface area (Å²) in [5, 5.41) is 0. The van der Waals surface area contributed by atoms with Crippen LogP contribution in [-0.4, -0.2) is 13.2 Å². The maximum Gasteiger partial charge on any atom is 0.119 e. The van der Waals surface area contributed by atoms with Crippen molar-refractivity contribution in [2.75, 3.05) is 13.2 Å². The SMILES string of the molecule is Cc1cc(OCCC2CC2)ccc1C#CCN. The Labute approximate surface area is 103 Å². The van der Waals surface area contributed by atoms with Gasteiger partial charge in [0.1, 0.15) is 5.75 Å². The van der Waals surface area contributed by atoms with Gasteiger partial charge in [0.05, 0.1) is 13.2 Å². The Morgan fingerprint density at radius 1 is 1.41 bits per heavy atom. The molecule has 0 heterocycles. The lowest BCUT2D eigenvalue weighted by molar-refractivity contribution is 0.302. The molecule has 0 unspecified atom stereocenters. The van der Waals surface area contributed by atoms with Crippen LogP contribution in [0.1, 0.15) is 30.4 Å². The summed E-state index contributed by atoms with van der Waals surface area (Å²) in [6.07, 6.45) is 3.96. The third-order valence-corrected chi connectivity index (χ3v) is 3.01. The average molecular weight is 229 g/mol. The fourth-order valence-corrected chi connectivity index (χ4v) is 1.76. The molecule has 1 aromatic rings. The molecule has 1 aliphatic rings. The smallest absolute Gasteiger partial charge is 0.119 e. The first-order valence-corrected chi connectivity index (χ1v) is 6.22. The summed E-state index contributed by atoms with van der Waals surface area (Å²) >= 11 is 0. The number of hydrogen-bond acceptors (Lipinski definition) is 2. The highest BCUT2D eigenvalue weighted by atomic mass is 16.5. The summed E-state index contributed by atoms with van der Waals surface area (Å²) in [5.41, 5.74) is 7.54. The third kappa shape index (κ3) is 3.80. The van der Waals surface area contributed by atoms with E-state index in [-0.39, 0.29) is 0 Å². The van der Waals surface area contributed by atoms with Crippen molar-refractivity contribution in [2.24, 2.45) is 11.7 Å². The summed E-state index contributed by atoms with van der Waals surface area (Å²) in [5.74, 6) is 7.79. The zero-order valence-electron chi connectivity index (χ0n) is 10.3. The number of ether oxygens (including phenoxy) is 1. The predicted molar refractivity (Wildman–Crippen MR) is 69.9 cm³/mol. The summed E-state index contributed by atoms with van der Waals surface area (Å²) in [4.78, 5) is 0. The quantitative estimate of drug-likeness (QED) is 0.805. The van der Waals surface area contributed by atoms with Gasteiger partial charge in [0.2, 0.25) is 0 Å². The fraction of sp³-hybridized carbons (Fsp3) is 0.467.